The van der Waals surface area contributed by atoms with Gasteiger partial charge in [-0.1, -0.05) is 37.6 Å². The van der Waals surface area contributed by atoms with Gasteiger partial charge in [0.15, 0.2) is 5.75 Å². The molecule has 4 aliphatic heterocycles. The molecule has 0 aliphatic carbocycles. The van der Waals surface area contributed by atoms with Gasteiger partial charge in [-0.15, -0.1) is 11.6 Å². The van der Waals surface area contributed by atoms with E-state index in [0.717, 1.165) is 53.7 Å². The van der Waals surface area contributed by atoms with E-state index in [4.69, 9.17) is 47.6 Å². The second kappa shape index (κ2) is 17.7. The first-order valence-electron chi connectivity index (χ1n) is 18.9. The van der Waals surface area contributed by atoms with Gasteiger partial charge in [-0.3, -0.25) is 4.90 Å². The molecule has 0 saturated carbocycles. The number of alkyl halides is 4. The monoisotopic (exact) mass is 817 g/mol. The number of nitriles is 1. The van der Waals surface area contributed by atoms with E-state index < -0.39 is 17.6 Å². The van der Waals surface area contributed by atoms with Crippen LogP contribution in [0.4, 0.5) is 19.1 Å². The number of benzene rings is 2. The minimum atomic E-state index is -5.08. The van der Waals surface area contributed by atoms with Crippen LogP contribution in [0, 0.1) is 16.7 Å². The predicted molar refractivity (Wildman–Crippen MR) is 208 cm³/mol. The zero-order valence-electron chi connectivity index (χ0n) is 31.6. The van der Waals surface area contributed by atoms with Crippen LogP contribution in [-0.4, -0.2) is 114 Å². The van der Waals surface area contributed by atoms with Crippen LogP contribution >= 0.6 is 23.2 Å². The summed E-state index contributed by atoms with van der Waals surface area (Å²) < 4.78 is 43.5. The molecule has 0 amide bonds. The van der Waals surface area contributed by atoms with Crippen LogP contribution in [0.1, 0.15) is 61.9 Å². The Bertz CT molecular complexity index is 1850. The normalized spacial score (nSPS) is 19.3. The van der Waals surface area contributed by atoms with Crippen molar-refractivity contribution in [3.8, 4) is 17.6 Å². The first-order valence-corrected chi connectivity index (χ1v) is 19.8. The maximum Gasteiger partial charge on any atom is 0.490 e. The molecule has 56 heavy (non-hydrogen) atoms. The smallest absolute Gasteiger partial charge is 0.489 e. The number of hydrogen-bond donors (Lipinski definition) is 2. The summed E-state index contributed by atoms with van der Waals surface area (Å²) in [5, 5.41) is 20.7. The molecule has 16 heteroatoms. The van der Waals surface area contributed by atoms with Crippen molar-refractivity contribution in [1.29, 1.82) is 5.26 Å². The van der Waals surface area contributed by atoms with Crippen LogP contribution in [0.3, 0.4) is 0 Å². The number of nitrogens with zero attached hydrogens (tertiary/aromatic N) is 6. The minimum absolute atomic E-state index is 0.285. The van der Waals surface area contributed by atoms with Crippen molar-refractivity contribution in [3.63, 3.8) is 0 Å². The molecule has 0 bridgehead atoms. The molecule has 0 unspecified atom stereocenters. The van der Waals surface area contributed by atoms with Gasteiger partial charge in [-0.05, 0) is 80.2 Å². The summed E-state index contributed by atoms with van der Waals surface area (Å²) in [7, 11) is 0. The van der Waals surface area contributed by atoms with Crippen molar-refractivity contribution in [2.75, 3.05) is 69.7 Å². The van der Waals surface area contributed by atoms with E-state index in [1.165, 1.54) is 65.0 Å². The van der Waals surface area contributed by atoms with Gasteiger partial charge in [0.05, 0.1) is 22.2 Å². The number of ether oxygens (including phenoxy) is 2. The summed E-state index contributed by atoms with van der Waals surface area (Å²) in [5.41, 5.74) is 3.25. The predicted octanol–water partition coefficient (Wildman–Crippen LogP) is 6.50. The third-order valence-corrected chi connectivity index (χ3v) is 12.0. The SMILES string of the molecule is CC(C)(c1ccc(OCc2ccnc(N3CC4(CCN(C5CCN(C6CNC6)CC5)CC4)C3)n2)cc1)c1cc(Cl)c(OCCCl)c(C#N)c1.O=C(O)C(F)(F)F. The number of rotatable bonds is 11. The second-order valence-corrected chi connectivity index (χ2v) is 16.3. The molecule has 302 valence electrons. The zero-order chi connectivity index (χ0) is 40.1. The lowest BCUT2D eigenvalue weighted by Gasteiger charge is -2.55. The Balaban J connectivity index is 0.000000695. The molecule has 1 aromatic heterocycles. The Morgan fingerprint density at radius 2 is 1.64 bits per heavy atom. The number of halogens is 5. The number of carboxylic acid groups (broad SMARTS) is 1. The lowest BCUT2D eigenvalue weighted by atomic mass is 9.71. The largest absolute Gasteiger partial charge is 0.490 e. The van der Waals surface area contributed by atoms with E-state index in [0.29, 0.717) is 34.2 Å². The third kappa shape index (κ3) is 9.80. The van der Waals surface area contributed by atoms with Gasteiger partial charge in [0, 0.05) is 68.4 Å². The summed E-state index contributed by atoms with van der Waals surface area (Å²) in [6.45, 7) is 14.3. The van der Waals surface area contributed by atoms with Gasteiger partial charge in [-0.25, -0.2) is 14.8 Å². The van der Waals surface area contributed by atoms with E-state index in [2.05, 4.69) is 57.0 Å². The van der Waals surface area contributed by atoms with Gasteiger partial charge in [-0.2, -0.15) is 18.4 Å². The number of likely N-dealkylation sites (tertiary alicyclic amines) is 2. The van der Waals surface area contributed by atoms with Crippen molar-refractivity contribution in [1.82, 2.24) is 25.1 Å². The molecule has 2 N–H and O–H groups in total. The van der Waals surface area contributed by atoms with Gasteiger partial charge in [0.1, 0.15) is 25.0 Å². The molecule has 0 atom stereocenters. The number of anilines is 1. The third-order valence-electron chi connectivity index (χ3n) is 11.6. The number of piperidine rings is 2. The van der Waals surface area contributed by atoms with Crippen molar-refractivity contribution >= 4 is 35.1 Å². The van der Waals surface area contributed by atoms with Crippen molar-refractivity contribution in [2.24, 2.45) is 5.41 Å². The van der Waals surface area contributed by atoms with E-state index in [1.807, 2.05) is 36.5 Å². The van der Waals surface area contributed by atoms with Crippen molar-refractivity contribution in [2.45, 2.75) is 69.8 Å². The Morgan fingerprint density at radius 3 is 2.21 bits per heavy atom. The van der Waals surface area contributed by atoms with Crippen LogP contribution in [0.15, 0.2) is 48.7 Å². The number of hydrogen-bond acceptors (Lipinski definition) is 10. The number of aromatic nitrogens is 2. The highest BCUT2D eigenvalue weighted by Gasteiger charge is 2.47. The molecule has 4 saturated heterocycles. The molecule has 3 aromatic rings. The fourth-order valence-electron chi connectivity index (χ4n) is 7.97. The number of nitrogens with one attached hydrogen (secondary N) is 1. The summed E-state index contributed by atoms with van der Waals surface area (Å²) in [6.07, 6.45) is 1.94. The van der Waals surface area contributed by atoms with E-state index >= 15 is 0 Å². The van der Waals surface area contributed by atoms with E-state index in [-0.39, 0.29) is 6.61 Å². The highest BCUT2D eigenvalue weighted by molar-refractivity contribution is 6.32. The minimum Gasteiger partial charge on any atom is -0.489 e. The molecule has 4 aliphatic rings. The lowest BCUT2D eigenvalue weighted by Crippen LogP contribution is -2.63. The lowest BCUT2D eigenvalue weighted by molar-refractivity contribution is -0.192. The molecule has 11 nitrogen and oxygen atoms in total. The van der Waals surface area contributed by atoms with E-state index in [1.54, 1.807) is 0 Å². The van der Waals surface area contributed by atoms with Gasteiger partial charge in [0.2, 0.25) is 5.95 Å². The fraction of sp³-hybridized carbons (Fsp3) is 0.550. The quantitative estimate of drug-likeness (QED) is 0.206. The molecular weight excluding hydrogens is 770 g/mol. The first kappa shape index (κ1) is 41.8. The molecule has 1 spiro atoms. The highest BCUT2D eigenvalue weighted by Crippen LogP contribution is 2.43. The Kier molecular flexibility index (Phi) is 13.2. The highest BCUT2D eigenvalue weighted by atomic mass is 35.5. The second-order valence-electron chi connectivity index (χ2n) is 15.5. The maximum atomic E-state index is 10.6. The molecule has 5 heterocycles. The van der Waals surface area contributed by atoms with Gasteiger partial charge < -0.3 is 29.7 Å². The number of carbonyl (C=O) groups is 1. The van der Waals surface area contributed by atoms with Gasteiger partial charge >= 0.3 is 12.1 Å². The summed E-state index contributed by atoms with van der Waals surface area (Å²) in [5.74, 6) is -0.497. The van der Waals surface area contributed by atoms with Crippen molar-refractivity contribution < 1.29 is 32.5 Å². The topological polar surface area (TPSA) is 127 Å². The van der Waals surface area contributed by atoms with Crippen LogP contribution in [0.25, 0.3) is 0 Å². The maximum absolute atomic E-state index is 10.6. The Hall–Kier alpha value is -3.87. The summed E-state index contributed by atoms with van der Waals surface area (Å²) in [4.78, 5) is 26.2. The zero-order valence-corrected chi connectivity index (χ0v) is 33.1. The van der Waals surface area contributed by atoms with Crippen LogP contribution in [0.2, 0.25) is 5.02 Å². The van der Waals surface area contributed by atoms with Crippen LogP contribution in [-0.2, 0) is 16.8 Å². The average molecular weight is 819 g/mol. The molecular formula is C40H48Cl2F3N7O4. The van der Waals surface area contributed by atoms with Crippen molar-refractivity contribution in [3.05, 3.63) is 76.1 Å². The van der Waals surface area contributed by atoms with Crippen LogP contribution in [0.5, 0.6) is 11.5 Å². The fourth-order valence-corrected chi connectivity index (χ4v) is 8.32. The standard InChI is InChI=1S/C38H47Cl2N7O2.C2HF3O2/c1-37(2,29-19-27(21-41)35(34(40)20-29)48-18-12-39)28-3-5-33(6-4-28)49-24-30-7-13-43-36(44-30)47-25-38(26-47)10-16-46(17-11-38)31-8-14-45(15-9-31)32-22-42-23-32;3-2(4,5)1(6)7/h3-7,13,19-20,31-32,42H,8-12,14-18,22-26H2,1-2H3;(H,6,7). The molecule has 7 rings (SSSR count). The van der Waals surface area contributed by atoms with E-state index in [9.17, 15) is 18.4 Å². The number of carboxylic acids is 1. The molecule has 2 aromatic carbocycles. The first-order chi connectivity index (χ1) is 26.7. The average Bonchev–Trinajstić information content (AvgIpc) is 3.15. The summed E-state index contributed by atoms with van der Waals surface area (Å²) in [6, 6.07) is 17.5. The Labute approximate surface area is 335 Å². The van der Waals surface area contributed by atoms with Crippen LogP contribution < -0.4 is 19.7 Å². The molecule has 4 fully saturated rings. The summed E-state index contributed by atoms with van der Waals surface area (Å²) >= 11 is 12.3. The van der Waals surface area contributed by atoms with Gasteiger partial charge in [0.25, 0.3) is 0 Å². The Morgan fingerprint density at radius 1 is 1.00 bits per heavy atom. The molecule has 0 radical (unpaired) electrons. The number of aliphatic carboxylic acids is 1.